The van der Waals surface area contributed by atoms with Crippen molar-refractivity contribution in [2.45, 2.75) is 38.8 Å². The van der Waals surface area contributed by atoms with Crippen molar-refractivity contribution in [2.75, 3.05) is 24.3 Å². The molecule has 0 aliphatic heterocycles. The Balaban J connectivity index is 1.65. The maximum atomic E-state index is 13.9. The van der Waals surface area contributed by atoms with Gasteiger partial charge in [0.25, 0.3) is 5.91 Å². The maximum Gasteiger partial charge on any atom is 0.254 e. The predicted molar refractivity (Wildman–Crippen MR) is 138 cm³/mol. The molecule has 2 amide bonds. The van der Waals surface area contributed by atoms with Crippen molar-refractivity contribution < 1.29 is 18.4 Å². The molecule has 4 rings (SSSR count). The summed E-state index contributed by atoms with van der Waals surface area (Å²) in [6.07, 6.45) is 3.96. The summed E-state index contributed by atoms with van der Waals surface area (Å²) in [5.41, 5.74) is 3.38. The highest BCUT2D eigenvalue weighted by molar-refractivity contribution is 5.95. The SMILES string of the molecule is CN(C)c1ccc(NC(=O)C2CCCC2)cc1CN(Cc1cccc(F)c1)C(=O)c1ccc(F)cc1. The molecule has 5 nitrogen and oxygen atoms in total. The molecule has 1 fully saturated rings. The number of halogens is 2. The molecular formula is C29H31F2N3O2. The third kappa shape index (κ3) is 6.27. The number of amides is 2. The van der Waals surface area contributed by atoms with Gasteiger partial charge in [-0.2, -0.15) is 0 Å². The topological polar surface area (TPSA) is 52.7 Å². The van der Waals surface area contributed by atoms with Gasteiger partial charge in [-0.1, -0.05) is 25.0 Å². The molecule has 36 heavy (non-hydrogen) atoms. The van der Waals surface area contributed by atoms with E-state index in [4.69, 9.17) is 0 Å². The number of hydrogen-bond acceptors (Lipinski definition) is 3. The van der Waals surface area contributed by atoms with E-state index in [0.717, 1.165) is 36.9 Å². The molecule has 0 spiro atoms. The molecule has 1 aliphatic carbocycles. The van der Waals surface area contributed by atoms with Gasteiger partial charge in [-0.25, -0.2) is 8.78 Å². The van der Waals surface area contributed by atoms with Crippen molar-refractivity contribution in [3.05, 3.63) is 95.1 Å². The van der Waals surface area contributed by atoms with E-state index in [0.29, 0.717) is 16.8 Å². The predicted octanol–water partition coefficient (Wildman–Crippen LogP) is 6.00. The van der Waals surface area contributed by atoms with Crippen LogP contribution in [0.1, 0.15) is 47.2 Å². The molecule has 7 heteroatoms. The van der Waals surface area contributed by atoms with Crippen LogP contribution in [0.4, 0.5) is 20.2 Å². The van der Waals surface area contributed by atoms with Crippen molar-refractivity contribution in [1.82, 2.24) is 4.90 Å². The Labute approximate surface area is 210 Å². The lowest BCUT2D eigenvalue weighted by Crippen LogP contribution is -2.31. The molecule has 0 bridgehead atoms. The molecule has 1 N–H and O–H groups in total. The van der Waals surface area contributed by atoms with Gasteiger partial charge in [-0.15, -0.1) is 0 Å². The van der Waals surface area contributed by atoms with E-state index < -0.39 is 5.82 Å². The van der Waals surface area contributed by atoms with Crippen molar-refractivity contribution in [3.8, 4) is 0 Å². The van der Waals surface area contributed by atoms with Gasteiger partial charge < -0.3 is 15.1 Å². The molecule has 188 valence electrons. The number of nitrogens with one attached hydrogen (secondary N) is 1. The van der Waals surface area contributed by atoms with Crippen LogP contribution in [0.25, 0.3) is 0 Å². The number of hydrogen-bond donors (Lipinski definition) is 1. The Hall–Kier alpha value is -3.74. The lowest BCUT2D eigenvalue weighted by atomic mass is 10.1. The minimum atomic E-state index is -0.427. The number of benzene rings is 3. The molecule has 0 heterocycles. The molecule has 3 aromatic carbocycles. The zero-order valence-corrected chi connectivity index (χ0v) is 20.6. The molecule has 1 saturated carbocycles. The number of rotatable bonds is 8. The van der Waals surface area contributed by atoms with Gasteiger partial charge in [-0.05, 0) is 78.6 Å². The first-order valence-electron chi connectivity index (χ1n) is 12.2. The van der Waals surface area contributed by atoms with Crippen LogP contribution in [0.2, 0.25) is 0 Å². The van der Waals surface area contributed by atoms with E-state index in [1.807, 2.05) is 37.2 Å². The van der Waals surface area contributed by atoms with Crippen LogP contribution < -0.4 is 10.2 Å². The number of carbonyl (C=O) groups excluding carboxylic acids is 2. The highest BCUT2D eigenvalue weighted by Gasteiger charge is 2.24. The summed E-state index contributed by atoms with van der Waals surface area (Å²) in [7, 11) is 3.82. The van der Waals surface area contributed by atoms with Crippen LogP contribution >= 0.6 is 0 Å². The fourth-order valence-electron chi connectivity index (χ4n) is 4.69. The zero-order valence-electron chi connectivity index (χ0n) is 20.6. The van der Waals surface area contributed by atoms with E-state index in [1.165, 1.54) is 36.4 Å². The van der Waals surface area contributed by atoms with Crippen LogP contribution in [-0.2, 0) is 17.9 Å². The minimum absolute atomic E-state index is 0.0232. The summed E-state index contributed by atoms with van der Waals surface area (Å²) in [6, 6.07) is 17.2. The van der Waals surface area contributed by atoms with Gasteiger partial charge in [-0.3, -0.25) is 9.59 Å². The average molecular weight is 492 g/mol. The van der Waals surface area contributed by atoms with Gasteiger partial charge >= 0.3 is 0 Å². The van der Waals surface area contributed by atoms with Crippen molar-refractivity contribution >= 4 is 23.2 Å². The minimum Gasteiger partial charge on any atom is -0.377 e. The fraction of sp³-hybridized carbons (Fsp3) is 0.310. The quantitative estimate of drug-likeness (QED) is 0.420. The van der Waals surface area contributed by atoms with Crippen LogP contribution in [-0.4, -0.2) is 30.8 Å². The Kier molecular flexibility index (Phi) is 7.98. The van der Waals surface area contributed by atoms with Gasteiger partial charge in [0, 0.05) is 50.0 Å². The van der Waals surface area contributed by atoms with Gasteiger partial charge in [0.15, 0.2) is 0 Å². The van der Waals surface area contributed by atoms with Crippen molar-refractivity contribution in [2.24, 2.45) is 5.92 Å². The standard InChI is InChI=1S/C29H31F2N3O2/c1-33(2)27-15-14-26(32-28(35)21-7-3-4-8-21)17-23(27)19-34(18-20-6-5-9-25(31)16-20)29(36)22-10-12-24(30)13-11-22/h5-6,9-17,21H,3-4,7-8,18-19H2,1-2H3,(H,32,35). The highest BCUT2D eigenvalue weighted by Crippen LogP contribution is 2.29. The molecule has 3 aromatic rings. The molecule has 1 aliphatic rings. The van der Waals surface area contributed by atoms with Gasteiger partial charge in [0.1, 0.15) is 11.6 Å². The van der Waals surface area contributed by atoms with Crippen molar-refractivity contribution in [1.29, 1.82) is 0 Å². The van der Waals surface area contributed by atoms with E-state index in [-0.39, 0.29) is 36.6 Å². The Morgan fingerprint density at radius 3 is 2.28 bits per heavy atom. The summed E-state index contributed by atoms with van der Waals surface area (Å²) >= 11 is 0. The molecule has 0 radical (unpaired) electrons. The Bertz CT molecular complexity index is 1220. The van der Waals surface area contributed by atoms with Gasteiger partial charge in [0.05, 0.1) is 0 Å². The van der Waals surface area contributed by atoms with E-state index in [2.05, 4.69) is 5.32 Å². The summed E-state index contributed by atoms with van der Waals surface area (Å²) in [4.78, 5) is 29.8. The van der Waals surface area contributed by atoms with Gasteiger partial charge in [0.2, 0.25) is 5.91 Å². The van der Waals surface area contributed by atoms with Crippen LogP contribution in [0.5, 0.6) is 0 Å². The van der Waals surface area contributed by atoms with E-state index in [9.17, 15) is 18.4 Å². The fourth-order valence-corrected chi connectivity index (χ4v) is 4.69. The molecule has 0 unspecified atom stereocenters. The Morgan fingerprint density at radius 2 is 1.61 bits per heavy atom. The second kappa shape index (κ2) is 11.3. The Morgan fingerprint density at radius 1 is 0.889 bits per heavy atom. The smallest absolute Gasteiger partial charge is 0.254 e. The first-order valence-corrected chi connectivity index (χ1v) is 12.2. The summed E-state index contributed by atoms with van der Waals surface area (Å²) < 4.78 is 27.4. The number of anilines is 2. The zero-order chi connectivity index (χ0) is 25.7. The third-order valence-electron chi connectivity index (χ3n) is 6.56. The molecule has 0 saturated heterocycles. The van der Waals surface area contributed by atoms with E-state index >= 15 is 0 Å². The highest BCUT2D eigenvalue weighted by atomic mass is 19.1. The lowest BCUT2D eigenvalue weighted by molar-refractivity contribution is -0.119. The van der Waals surface area contributed by atoms with Crippen LogP contribution in [0, 0.1) is 17.6 Å². The van der Waals surface area contributed by atoms with Crippen LogP contribution in [0.3, 0.4) is 0 Å². The molecule has 0 atom stereocenters. The van der Waals surface area contributed by atoms with Crippen molar-refractivity contribution in [3.63, 3.8) is 0 Å². The number of nitrogens with zero attached hydrogens (tertiary/aromatic N) is 2. The maximum absolute atomic E-state index is 13.9. The van der Waals surface area contributed by atoms with Crippen LogP contribution in [0.15, 0.2) is 66.7 Å². The third-order valence-corrected chi connectivity index (χ3v) is 6.56. The summed E-state index contributed by atoms with van der Waals surface area (Å²) in [5.74, 6) is -1.05. The molecular weight excluding hydrogens is 460 g/mol. The first kappa shape index (κ1) is 25.4. The molecule has 0 aromatic heterocycles. The summed E-state index contributed by atoms with van der Waals surface area (Å²) in [5, 5.41) is 3.04. The lowest BCUT2D eigenvalue weighted by Gasteiger charge is -2.27. The first-order chi connectivity index (χ1) is 17.3. The monoisotopic (exact) mass is 491 g/mol. The average Bonchev–Trinajstić information content (AvgIpc) is 3.39. The second-order valence-corrected chi connectivity index (χ2v) is 9.51. The normalized spacial score (nSPS) is 13.4. The second-order valence-electron chi connectivity index (χ2n) is 9.51. The number of carbonyl (C=O) groups is 2. The largest absolute Gasteiger partial charge is 0.377 e. The summed E-state index contributed by atoms with van der Waals surface area (Å²) in [6.45, 7) is 0.382. The van der Waals surface area contributed by atoms with E-state index in [1.54, 1.807) is 17.0 Å².